The van der Waals surface area contributed by atoms with E-state index in [-0.39, 0.29) is 17.7 Å². The van der Waals surface area contributed by atoms with Gasteiger partial charge in [-0.15, -0.1) is 0 Å². The molecule has 2 rings (SSSR count). The first kappa shape index (κ1) is 16.1. The van der Waals surface area contributed by atoms with Gasteiger partial charge in [0, 0.05) is 10.0 Å². The third-order valence-electron chi connectivity index (χ3n) is 2.80. The molecule has 0 aliphatic rings. The Morgan fingerprint density at radius 2 is 1.59 bits per heavy atom. The second-order valence-corrected chi connectivity index (χ2v) is 5.34. The number of carbonyl (C=O) groups is 2. The van der Waals surface area contributed by atoms with Crippen LogP contribution in [0.2, 0.25) is 10.0 Å². The number of carbonyl (C=O) groups excluding carboxylic acids is 2. The lowest BCUT2D eigenvalue weighted by molar-refractivity contribution is -0.121. The van der Waals surface area contributed by atoms with E-state index < -0.39 is 11.8 Å². The summed E-state index contributed by atoms with van der Waals surface area (Å²) in [5.74, 6) is -1.30. The normalized spacial score (nSPS) is 10.1. The van der Waals surface area contributed by atoms with E-state index >= 15 is 0 Å². The minimum atomic E-state index is -0.663. The number of phenolic OH excluding ortho intramolecular Hbond substituents is 1. The number of halogens is 2. The minimum absolute atomic E-state index is 0.0284. The van der Waals surface area contributed by atoms with Crippen LogP contribution in [-0.4, -0.2) is 16.9 Å². The molecule has 2 aromatic rings. The van der Waals surface area contributed by atoms with E-state index in [1.807, 2.05) is 0 Å². The van der Waals surface area contributed by atoms with Gasteiger partial charge in [-0.3, -0.25) is 20.4 Å². The van der Waals surface area contributed by atoms with Gasteiger partial charge in [0.05, 0.1) is 12.0 Å². The number of hydrazine groups is 1. The van der Waals surface area contributed by atoms with Crippen LogP contribution in [0.5, 0.6) is 5.75 Å². The molecule has 0 fully saturated rings. The Bertz CT molecular complexity index is 702. The van der Waals surface area contributed by atoms with Gasteiger partial charge in [0.15, 0.2) is 0 Å². The SMILES string of the molecule is O=C(Cc1ccc(Cl)cc1)NNC(=O)c1cc(Cl)ccc1O. The summed E-state index contributed by atoms with van der Waals surface area (Å²) in [5.41, 5.74) is 5.20. The molecule has 0 atom stereocenters. The molecule has 0 aliphatic carbocycles. The molecule has 0 radical (unpaired) electrons. The first-order valence-electron chi connectivity index (χ1n) is 6.28. The van der Waals surface area contributed by atoms with Crippen molar-refractivity contribution in [1.29, 1.82) is 0 Å². The number of amides is 2. The summed E-state index contributed by atoms with van der Waals surface area (Å²) >= 11 is 11.5. The van der Waals surface area contributed by atoms with Gasteiger partial charge in [-0.25, -0.2) is 0 Å². The Hall–Kier alpha value is -2.24. The van der Waals surface area contributed by atoms with Crippen LogP contribution < -0.4 is 10.9 Å². The molecule has 7 heteroatoms. The fourth-order valence-corrected chi connectivity index (χ4v) is 2.01. The van der Waals surface area contributed by atoms with Crippen LogP contribution in [0.1, 0.15) is 15.9 Å². The minimum Gasteiger partial charge on any atom is -0.507 e. The molecule has 0 heterocycles. The average Bonchev–Trinajstić information content (AvgIpc) is 2.49. The summed E-state index contributed by atoms with van der Waals surface area (Å²) < 4.78 is 0. The van der Waals surface area contributed by atoms with Crippen molar-refractivity contribution in [2.24, 2.45) is 0 Å². The number of hydrogen-bond acceptors (Lipinski definition) is 3. The Morgan fingerprint density at radius 3 is 2.27 bits per heavy atom. The molecule has 0 aromatic heterocycles. The average molecular weight is 339 g/mol. The lowest BCUT2D eigenvalue weighted by atomic mass is 10.1. The van der Waals surface area contributed by atoms with E-state index in [9.17, 15) is 14.7 Å². The largest absolute Gasteiger partial charge is 0.507 e. The van der Waals surface area contributed by atoms with Crippen LogP contribution in [0.25, 0.3) is 0 Å². The number of rotatable bonds is 3. The molecule has 0 saturated heterocycles. The van der Waals surface area contributed by atoms with E-state index in [1.54, 1.807) is 24.3 Å². The Balaban J connectivity index is 1.91. The van der Waals surface area contributed by atoms with E-state index in [1.165, 1.54) is 18.2 Å². The van der Waals surface area contributed by atoms with Gasteiger partial charge in [-0.1, -0.05) is 35.3 Å². The summed E-state index contributed by atoms with van der Waals surface area (Å²) in [7, 11) is 0. The molecule has 3 N–H and O–H groups in total. The molecule has 0 unspecified atom stereocenters. The van der Waals surface area contributed by atoms with Gasteiger partial charge in [0.1, 0.15) is 5.75 Å². The van der Waals surface area contributed by atoms with Crippen LogP contribution >= 0.6 is 23.2 Å². The summed E-state index contributed by atoms with van der Waals surface area (Å²) in [4.78, 5) is 23.6. The van der Waals surface area contributed by atoms with Crippen molar-refractivity contribution < 1.29 is 14.7 Å². The maximum atomic E-state index is 11.9. The standard InChI is InChI=1S/C15H12Cl2N2O3/c16-10-3-1-9(2-4-10)7-14(21)18-19-15(22)12-8-11(17)5-6-13(12)20/h1-6,8,20H,7H2,(H,18,21)(H,19,22). The van der Waals surface area contributed by atoms with Crippen molar-refractivity contribution >= 4 is 35.0 Å². The second-order valence-electron chi connectivity index (χ2n) is 4.47. The number of phenols is 1. The lowest BCUT2D eigenvalue weighted by Crippen LogP contribution is -2.42. The lowest BCUT2D eigenvalue weighted by Gasteiger charge is -2.09. The third kappa shape index (κ3) is 4.38. The van der Waals surface area contributed by atoms with Gasteiger partial charge in [-0.2, -0.15) is 0 Å². The van der Waals surface area contributed by atoms with Crippen molar-refractivity contribution in [3.8, 4) is 5.75 Å². The van der Waals surface area contributed by atoms with Gasteiger partial charge in [0.25, 0.3) is 5.91 Å². The van der Waals surface area contributed by atoms with Crippen LogP contribution in [0.15, 0.2) is 42.5 Å². The zero-order valence-corrected chi connectivity index (χ0v) is 12.8. The molecule has 22 heavy (non-hydrogen) atoms. The molecule has 0 spiro atoms. The molecule has 0 bridgehead atoms. The summed E-state index contributed by atoms with van der Waals surface area (Å²) in [6.07, 6.45) is 0.0823. The summed E-state index contributed by atoms with van der Waals surface area (Å²) in [5, 5.41) is 10.5. The van der Waals surface area contributed by atoms with Gasteiger partial charge < -0.3 is 5.11 Å². The maximum Gasteiger partial charge on any atom is 0.273 e. The predicted octanol–water partition coefficient (Wildman–Crippen LogP) is 2.70. The number of aromatic hydroxyl groups is 1. The Labute approximate surface area is 136 Å². The maximum absolute atomic E-state index is 11.9. The molecular formula is C15H12Cl2N2O3. The van der Waals surface area contributed by atoms with Crippen molar-refractivity contribution in [3.05, 3.63) is 63.6 Å². The van der Waals surface area contributed by atoms with Crippen molar-refractivity contribution in [3.63, 3.8) is 0 Å². The highest BCUT2D eigenvalue weighted by atomic mass is 35.5. The smallest absolute Gasteiger partial charge is 0.273 e. The van der Waals surface area contributed by atoms with E-state index in [0.717, 1.165) is 5.56 Å². The van der Waals surface area contributed by atoms with E-state index in [0.29, 0.717) is 10.0 Å². The van der Waals surface area contributed by atoms with Crippen molar-refractivity contribution in [2.75, 3.05) is 0 Å². The quantitative estimate of drug-likeness (QED) is 0.753. The Kier molecular flexibility index (Phi) is 5.25. The molecular weight excluding hydrogens is 327 g/mol. The van der Waals surface area contributed by atoms with Gasteiger partial charge in [-0.05, 0) is 35.9 Å². The highest BCUT2D eigenvalue weighted by Gasteiger charge is 2.12. The fraction of sp³-hybridized carbons (Fsp3) is 0.0667. The zero-order valence-electron chi connectivity index (χ0n) is 11.3. The highest BCUT2D eigenvalue weighted by molar-refractivity contribution is 6.31. The fourth-order valence-electron chi connectivity index (χ4n) is 1.72. The summed E-state index contributed by atoms with van der Waals surface area (Å²) in [6, 6.07) is 10.8. The monoisotopic (exact) mass is 338 g/mol. The highest BCUT2D eigenvalue weighted by Crippen LogP contribution is 2.20. The van der Waals surface area contributed by atoms with Crippen LogP contribution in [0, 0.1) is 0 Å². The van der Waals surface area contributed by atoms with Crippen molar-refractivity contribution in [1.82, 2.24) is 10.9 Å². The molecule has 2 aromatic carbocycles. The van der Waals surface area contributed by atoms with Crippen LogP contribution in [-0.2, 0) is 11.2 Å². The Morgan fingerprint density at radius 1 is 0.955 bits per heavy atom. The molecule has 0 aliphatic heterocycles. The molecule has 0 saturated carbocycles. The zero-order chi connectivity index (χ0) is 16.1. The first-order valence-corrected chi connectivity index (χ1v) is 7.03. The topological polar surface area (TPSA) is 78.4 Å². The summed E-state index contributed by atoms with van der Waals surface area (Å²) in [6.45, 7) is 0. The van der Waals surface area contributed by atoms with E-state index in [2.05, 4.69) is 10.9 Å². The number of hydrogen-bond donors (Lipinski definition) is 3. The predicted molar refractivity (Wildman–Crippen MR) is 83.9 cm³/mol. The van der Waals surface area contributed by atoms with Crippen LogP contribution in [0.4, 0.5) is 0 Å². The molecule has 2 amide bonds. The first-order chi connectivity index (χ1) is 10.5. The molecule has 114 valence electrons. The van der Waals surface area contributed by atoms with Crippen LogP contribution in [0.3, 0.4) is 0 Å². The van der Waals surface area contributed by atoms with Gasteiger partial charge in [0.2, 0.25) is 5.91 Å². The van der Waals surface area contributed by atoms with E-state index in [4.69, 9.17) is 23.2 Å². The number of benzene rings is 2. The number of nitrogens with one attached hydrogen (secondary N) is 2. The molecule has 5 nitrogen and oxygen atoms in total. The van der Waals surface area contributed by atoms with Crippen molar-refractivity contribution in [2.45, 2.75) is 6.42 Å². The third-order valence-corrected chi connectivity index (χ3v) is 3.28. The second kappa shape index (κ2) is 7.15. The van der Waals surface area contributed by atoms with Gasteiger partial charge >= 0.3 is 0 Å².